The summed E-state index contributed by atoms with van der Waals surface area (Å²) in [5, 5.41) is 14.7. The Morgan fingerprint density at radius 3 is 2.41 bits per heavy atom. The van der Waals surface area contributed by atoms with Crippen LogP contribution in [0.5, 0.6) is 0 Å². The molecular formula is C16H11Br2N3O. The molecule has 2 rings (SSSR count). The minimum absolute atomic E-state index is 0.0112. The molecule has 6 heteroatoms. The minimum Gasteiger partial charge on any atom is -0.360 e. The van der Waals surface area contributed by atoms with Gasteiger partial charge < -0.3 is 10.6 Å². The van der Waals surface area contributed by atoms with Gasteiger partial charge in [-0.05, 0) is 42.5 Å². The summed E-state index contributed by atoms with van der Waals surface area (Å²) in [4.78, 5) is 12.1. The lowest BCUT2D eigenvalue weighted by atomic mass is 10.2. The average Bonchev–Trinajstić information content (AvgIpc) is 2.50. The van der Waals surface area contributed by atoms with Crippen molar-refractivity contribution in [3.63, 3.8) is 0 Å². The molecule has 0 saturated heterocycles. The van der Waals surface area contributed by atoms with Crippen LogP contribution >= 0.6 is 31.9 Å². The number of carbonyl (C=O) groups excluding carboxylic acids is 1. The molecule has 2 N–H and O–H groups in total. The summed E-state index contributed by atoms with van der Waals surface area (Å²) in [6.07, 6.45) is 1.38. The van der Waals surface area contributed by atoms with E-state index in [0.717, 1.165) is 14.6 Å². The van der Waals surface area contributed by atoms with Crippen LogP contribution in [-0.4, -0.2) is 5.91 Å². The van der Waals surface area contributed by atoms with Gasteiger partial charge in [0.05, 0.1) is 0 Å². The molecule has 0 aliphatic carbocycles. The monoisotopic (exact) mass is 419 g/mol. The molecular weight excluding hydrogens is 410 g/mol. The highest BCUT2D eigenvalue weighted by molar-refractivity contribution is 9.10. The molecule has 0 bridgehead atoms. The maximum atomic E-state index is 12.1. The van der Waals surface area contributed by atoms with E-state index in [1.54, 1.807) is 12.1 Å². The van der Waals surface area contributed by atoms with Crippen molar-refractivity contribution >= 4 is 49.1 Å². The van der Waals surface area contributed by atoms with Crippen LogP contribution in [0.1, 0.15) is 0 Å². The summed E-state index contributed by atoms with van der Waals surface area (Å²) in [7, 11) is 0. The molecule has 0 radical (unpaired) electrons. The SMILES string of the molecule is N#C/C(=C/Nc1cccc(Br)c1)C(=O)Nc1ccc(Br)cc1. The molecule has 0 aliphatic rings. The van der Waals surface area contributed by atoms with E-state index in [1.165, 1.54) is 6.20 Å². The number of rotatable bonds is 4. The molecule has 22 heavy (non-hydrogen) atoms. The number of hydrogen-bond acceptors (Lipinski definition) is 3. The number of nitriles is 1. The Morgan fingerprint density at radius 2 is 1.77 bits per heavy atom. The topological polar surface area (TPSA) is 64.9 Å². The maximum absolute atomic E-state index is 12.1. The predicted molar refractivity (Wildman–Crippen MR) is 94.2 cm³/mol. The third kappa shape index (κ3) is 4.72. The van der Waals surface area contributed by atoms with E-state index in [0.29, 0.717) is 5.69 Å². The molecule has 0 fully saturated rings. The van der Waals surface area contributed by atoms with Crippen LogP contribution in [-0.2, 0) is 4.79 Å². The zero-order valence-corrected chi connectivity index (χ0v) is 14.5. The van der Waals surface area contributed by atoms with Crippen LogP contribution in [0.4, 0.5) is 11.4 Å². The first kappa shape index (κ1) is 16.3. The lowest BCUT2D eigenvalue weighted by Gasteiger charge is -2.05. The van der Waals surface area contributed by atoms with Gasteiger partial charge in [-0.1, -0.05) is 37.9 Å². The van der Waals surface area contributed by atoms with Gasteiger partial charge in [0.15, 0.2) is 0 Å². The first-order valence-electron chi connectivity index (χ1n) is 6.28. The molecule has 2 aromatic rings. The van der Waals surface area contributed by atoms with Gasteiger partial charge in [-0.3, -0.25) is 4.79 Å². The van der Waals surface area contributed by atoms with Gasteiger partial charge in [-0.2, -0.15) is 5.26 Å². The summed E-state index contributed by atoms with van der Waals surface area (Å²) in [6, 6.07) is 16.4. The van der Waals surface area contributed by atoms with Gasteiger partial charge >= 0.3 is 0 Å². The van der Waals surface area contributed by atoms with Gasteiger partial charge in [0.2, 0.25) is 0 Å². The number of carbonyl (C=O) groups is 1. The number of halogens is 2. The van der Waals surface area contributed by atoms with Gasteiger partial charge in [-0.25, -0.2) is 0 Å². The highest BCUT2D eigenvalue weighted by Crippen LogP contribution is 2.17. The standard InChI is InChI=1S/C16H11Br2N3O/c17-12-4-6-14(7-5-12)21-16(22)11(9-19)10-20-15-3-1-2-13(18)8-15/h1-8,10,20H,(H,21,22)/b11-10-. The van der Waals surface area contributed by atoms with Crippen LogP contribution in [0.15, 0.2) is 69.2 Å². The van der Waals surface area contributed by atoms with Gasteiger partial charge in [0, 0.05) is 26.5 Å². The lowest BCUT2D eigenvalue weighted by Crippen LogP contribution is -2.14. The quantitative estimate of drug-likeness (QED) is 0.557. The Labute approximate surface area is 145 Å². The van der Waals surface area contributed by atoms with E-state index in [4.69, 9.17) is 5.26 Å². The molecule has 4 nitrogen and oxygen atoms in total. The number of anilines is 2. The fourth-order valence-electron chi connectivity index (χ4n) is 1.61. The Hall–Kier alpha value is -2.10. The van der Waals surface area contributed by atoms with Crippen molar-refractivity contribution in [3.05, 3.63) is 69.2 Å². The first-order valence-corrected chi connectivity index (χ1v) is 7.86. The average molecular weight is 421 g/mol. The van der Waals surface area contributed by atoms with E-state index in [2.05, 4.69) is 42.5 Å². The highest BCUT2D eigenvalue weighted by atomic mass is 79.9. The van der Waals surface area contributed by atoms with E-state index < -0.39 is 5.91 Å². The van der Waals surface area contributed by atoms with Crippen molar-refractivity contribution in [1.29, 1.82) is 5.26 Å². The summed E-state index contributed by atoms with van der Waals surface area (Å²) in [5.41, 5.74) is 1.39. The number of nitrogens with zero attached hydrogens (tertiary/aromatic N) is 1. The number of benzene rings is 2. The largest absolute Gasteiger partial charge is 0.360 e. The van der Waals surface area contributed by atoms with Crippen LogP contribution in [0.3, 0.4) is 0 Å². The molecule has 2 aromatic carbocycles. The van der Waals surface area contributed by atoms with E-state index in [9.17, 15) is 4.79 Å². The van der Waals surface area contributed by atoms with E-state index in [-0.39, 0.29) is 5.57 Å². The first-order chi connectivity index (χ1) is 10.6. The van der Waals surface area contributed by atoms with Crippen molar-refractivity contribution < 1.29 is 4.79 Å². The summed E-state index contributed by atoms with van der Waals surface area (Å²) >= 11 is 6.68. The second-order valence-corrected chi connectivity index (χ2v) is 6.12. The van der Waals surface area contributed by atoms with Crippen LogP contribution in [0.2, 0.25) is 0 Å². The summed E-state index contributed by atoms with van der Waals surface area (Å²) in [5.74, 6) is -0.465. The Kier molecular flexibility index (Phi) is 5.75. The highest BCUT2D eigenvalue weighted by Gasteiger charge is 2.09. The zero-order chi connectivity index (χ0) is 15.9. The van der Waals surface area contributed by atoms with Gasteiger partial charge in [0.1, 0.15) is 11.6 Å². The minimum atomic E-state index is -0.465. The van der Waals surface area contributed by atoms with Crippen molar-refractivity contribution in [1.82, 2.24) is 0 Å². The molecule has 0 saturated carbocycles. The Balaban J connectivity index is 2.07. The van der Waals surface area contributed by atoms with E-state index >= 15 is 0 Å². The van der Waals surface area contributed by atoms with Crippen LogP contribution in [0, 0.1) is 11.3 Å². The fraction of sp³-hybridized carbons (Fsp3) is 0. The van der Waals surface area contributed by atoms with Crippen molar-refractivity contribution in [2.45, 2.75) is 0 Å². The summed E-state index contributed by atoms with van der Waals surface area (Å²) < 4.78 is 1.82. The smallest absolute Gasteiger partial charge is 0.267 e. The van der Waals surface area contributed by atoms with Crippen LogP contribution in [0.25, 0.3) is 0 Å². The number of amides is 1. The van der Waals surface area contributed by atoms with Gasteiger partial charge in [-0.15, -0.1) is 0 Å². The normalized spacial score (nSPS) is 10.7. The second kappa shape index (κ2) is 7.78. The molecule has 0 spiro atoms. The zero-order valence-electron chi connectivity index (χ0n) is 11.3. The molecule has 1 amide bonds. The molecule has 0 atom stereocenters. The molecule has 0 unspecified atom stereocenters. The van der Waals surface area contributed by atoms with Crippen molar-refractivity contribution in [2.75, 3.05) is 10.6 Å². The molecule has 110 valence electrons. The molecule has 0 aliphatic heterocycles. The summed E-state index contributed by atoms with van der Waals surface area (Å²) in [6.45, 7) is 0. The van der Waals surface area contributed by atoms with Crippen LogP contribution < -0.4 is 10.6 Å². The molecule has 0 aromatic heterocycles. The maximum Gasteiger partial charge on any atom is 0.267 e. The predicted octanol–water partition coefficient (Wildman–Crippen LogP) is 4.67. The second-order valence-electron chi connectivity index (χ2n) is 4.29. The van der Waals surface area contributed by atoms with E-state index in [1.807, 2.05) is 42.5 Å². The fourth-order valence-corrected chi connectivity index (χ4v) is 2.28. The third-order valence-corrected chi connectivity index (χ3v) is 3.70. The molecule has 0 heterocycles. The van der Waals surface area contributed by atoms with Crippen molar-refractivity contribution in [3.8, 4) is 6.07 Å². The number of nitrogens with one attached hydrogen (secondary N) is 2. The number of hydrogen-bond donors (Lipinski definition) is 2. The Morgan fingerprint density at radius 1 is 1.05 bits per heavy atom. The third-order valence-electron chi connectivity index (χ3n) is 2.67. The van der Waals surface area contributed by atoms with Crippen molar-refractivity contribution in [2.24, 2.45) is 0 Å². The lowest BCUT2D eigenvalue weighted by molar-refractivity contribution is -0.112. The van der Waals surface area contributed by atoms with Gasteiger partial charge in [0.25, 0.3) is 5.91 Å². The Bertz CT molecular complexity index is 749.